The molecular formula is C13H22N2O5. The third kappa shape index (κ3) is 3.40. The number of amides is 2. The first-order chi connectivity index (χ1) is 9.49. The summed E-state index contributed by atoms with van der Waals surface area (Å²) in [6.07, 6.45) is 3.09. The lowest BCUT2D eigenvalue weighted by atomic mass is 9.74. The zero-order valence-electron chi connectivity index (χ0n) is 11.7. The maximum absolute atomic E-state index is 11.9. The Kier molecular flexibility index (Phi) is 4.49. The summed E-state index contributed by atoms with van der Waals surface area (Å²) in [5.41, 5.74) is -1.04. The number of aliphatic carboxylic acids is 1. The minimum atomic E-state index is -0.887. The molecule has 1 saturated heterocycles. The van der Waals surface area contributed by atoms with E-state index in [1.54, 1.807) is 7.11 Å². The van der Waals surface area contributed by atoms with E-state index in [9.17, 15) is 9.59 Å². The molecule has 1 saturated carbocycles. The van der Waals surface area contributed by atoms with E-state index in [2.05, 4.69) is 10.6 Å². The molecule has 2 fully saturated rings. The molecule has 1 aliphatic carbocycles. The van der Waals surface area contributed by atoms with Crippen molar-refractivity contribution in [2.24, 2.45) is 0 Å². The Balaban J connectivity index is 1.81. The Morgan fingerprint density at radius 2 is 2.10 bits per heavy atom. The summed E-state index contributed by atoms with van der Waals surface area (Å²) in [6.45, 7) is 1.45. The molecule has 7 heteroatoms. The highest BCUT2D eigenvalue weighted by Gasteiger charge is 2.41. The van der Waals surface area contributed by atoms with Crippen LogP contribution in [0.15, 0.2) is 0 Å². The van der Waals surface area contributed by atoms with Crippen LogP contribution in [0.1, 0.15) is 32.1 Å². The van der Waals surface area contributed by atoms with E-state index < -0.39 is 17.1 Å². The van der Waals surface area contributed by atoms with E-state index in [4.69, 9.17) is 14.6 Å². The van der Waals surface area contributed by atoms with Crippen molar-refractivity contribution in [2.45, 2.75) is 43.2 Å². The van der Waals surface area contributed by atoms with E-state index in [-0.39, 0.29) is 12.5 Å². The number of hydrogen-bond donors (Lipinski definition) is 3. The topological polar surface area (TPSA) is 96.9 Å². The van der Waals surface area contributed by atoms with Crippen molar-refractivity contribution in [1.29, 1.82) is 0 Å². The Morgan fingerprint density at radius 1 is 1.35 bits per heavy atom. The second-order valence-electron chi connectivity index (χ2n) is 5.70. The molecule has 114 valence electrons. The number of rotatable bonds is 6. The highest BCUT2D eigenvalue weighted by Crippen LogP contribution is 2.34. The first-order valence-electron chi connectivity index (χ1n) is 6.90. The highest BCUT2D eigenvalue weighted by atomic mass is 16.5. The molecule has 1 aliphatic heterocycles. The lowest BCUT2D eigenvalue weighted by Crippen LogP contribution is -2.58. The number of carbonyl (C=O) groups is 2. The fraction of sp³-hybridized carbons (Fsp3) is 0.846. The number of methoxy groups -OCH3 is 1. The molecule has 7 nitrogen and oxygen atoms in total. The number of carboxylic acid groups (broad SMARTS) is 1. The first kappa shape index (κ1) is 15.1. The van der Waals surface area contributed by atoms with Crippen LogP contribution in [-0.2, 0) is 14.3 Å². The third-order valence-electron chi connectivity index (χ3n) is 4.25. The Morgan fingerprint density at radius 3 is 2.55 bits per heavy atom. The Labute approximate surface area is 118 Å². The van der Waals surface area contributed by atoms with Crippen molar-refractivity contribution in [3.8, 4) is 0 Å². The largest absolute Gasteiger partial charge is 0.481 e. The van der Waals surface area contributed by atoms with E-state index in [1.165, 1.54) is 0 Å². The molecule has 2 rings (SSSR count). The number of urea groups is 1. The molecule has 1 heterocycles. The van der Waals surface area contributed by atoms with E-state index in [1.807, 2.05) is 0 Å². The van der Waals surface area contributed by atoms with Gasteiger partial charge in [0.15, 0.2) is 0 Å². The summed E-state index contributed by atoms with van der Waals surface area (Å²) in [5.74, 6) is -0.887. The van der Waals surface area contributed by atoms with Crippen LogP contribution in [0.4, 0.5) is 4.79 Å². The summed E-state index contributed by atoms with van der Waals surface area (Å²) in [4.78, 5) is 22.8. The second-order valence-corrected chi connectivity index (χ2v) is 5.70. The highest BCUT2D eigenvalue weighted by molar-refractivity contribution is 5.77. The monoisotopic (exact) mass is 286 g/mol. The fourth-order valence-corrected chi connectivity index (χ4v) is 2.73. The lowest BCUT2D eigenvalue weighted by Gasteiger charge is -2.41. The van der Waals surface area contributed by atoms with E-state index in [0.29, 0.717) is 32.6 Å². The van der Waals surface area contributed by atoms with Gasteiger partial charge in [0.2, 0.25) is 0 Å². The number of ether oxygens (including phenoxy) is 2. The lowest BCUT2D eigenvalue weighted by molar-refractivity contribution is -0.139. The van der Waals surface area contributed by atoms with Crippen LogP contribution in [0.3, 0.4) is 0 Å². The average Bonchev–Trinajstić information content (AvgIpc) is 2.82. The third-order valence-corrected chi connectivity index (χ3v) is 4.25. The van der Waals surface area contributed by atoms with Crippen LogP contribution in [-0.4, -0.2) is 55.1 Å². The van der Waals surface area contributed by atoms with Gasteiger partial charge in [0.05, 0.1) is 25.1 Å². The molecule has 0 bridgehead atoms. The molecule has 2 aliphatic rings. The number of carboxylic acids is 1. The fourth-order valence-electron chi connectivity index (χ4n) is 2.73. The molecule has 2 amide bonds. The van der Waals surface area contributed by atoms with Gasteiger partial charge in [0, 0.05) is 20.1 Å². The van der Waals surface area contributed by atoms with E-state index in [0.717, 1.165) is 12.8 Å². The zero-order chi connectivity index (χ0) is 14.6. The van der Waals surface area contributed by atoms with Gasteiger partial charge in [-0.15, -0.1) is 0 Å². The molecule has 0 radical (unpaired) electrons. The summed E-state index contributed by atoms with van der Waals surface area (Å²) in [6, 6.07) is -0.339. The predicted molar refractivity (Wildman–Crippen MR) is 70.5 cm³/mol. The predicted octanol–water partition coefficient (Wildman–Crippen LogP) is 0.489. The molecular weight excluding hydrogens is 264 g/mol. The summed E-state index contributed by atoms with van der Waals surface area (Å²) in [5, 5.41) is 14.5. The van der Waals surface area contributed by atoms with Crippen LogP contribution in [0.5, 0.6) is 0 Å². The standard InChI is InChI=1S/C13H22N2O5/c1-19-13(5-6-20-9-13)8-14-11(18)15-12(3-2-4-12)7-10(16)17/h2-9H2,1H3,(H,16,17)(H2,14,15,18). The summed E-state index contributed by atoms with van der Waals surface area (Å²) >= 11 is 0. The van der Waals surface area contributed by atoms with Gasteiger partial charge in [-0.05, 0) is 19.3 Å². The molecule has 0 spiro atoms. The maximum atomic E-state index is 11.9. The zero-order valence-corrected chi connectivity index (χ0v) is 11.7. The minimum Gasteiger partial charge on any atom is -0.481 e. The van der Waals surface area contributed by atoms with Gasteiger partial charge in [0.1, 0.15) is 5.60 Å². The van der Waals surface area contributed by atoms with Crippen LogP contribution in [0, 0.1) is 0 Å². The van der Waals surface area contributed by atoms with Crippen LogP contribution in [0.2, 0.25) is 0 Å². The van der Waals surface area contributed by atoms with Crippen molar-refractivity contribution in [3.63, 3.8) is 0 Å². The second kappa shape index (κ2) is 5.97. The van der Waals surface area contributed by atoms with Crippen molar-refractivity contribution in [2.75, 3.05) is 26.9 Å². The average molecular weight is 286 g/mol. The van der Waals surface area contributed by atoms with Crippen LogP contribution < -0.4 is 10.6 Å². The van der Waals surface area contributed by atoms with Crippen molar-refractivity contribution >= 4 is 12.0 Å². The molecule has 1 atom stereocenters. The Bertz CT molecular complexity index is 375. The molecule has 0 aromatic carbocycles. The summed E-state index contributed by atoms with van der Waals surface area (Å²) < 4.78 is 10.7. The number of hydrogen-bond acceptors (Lipinski definition) is 4. The van der Waals surface area contributed by atoms with Crippen molar-refractivity contribution in [3.05, 3.63) is 0 Å². The smallest absolute Gasteiger partial charge is 0.315 e. The van der Waals surface area contributed by atoms with Crippen molar-refractivity contribution < 1.29 is 24.2 Å². The van der Waals surface area contributed by atoms with Crippen LogP contribution in [0.25, 0.3) is 0 Å². The molecule has 0 aromatic heterocycles. The molecule has 1 unspecified atom stereocenters. The molecule has 20 heavy (non-hydrogen) atoms. The number of nitrogens with one attached hydrogen (secondary N) is 2. The van der Waals surface area contributed by atoms with Crippen LogP contribution >= 0.6 is 0 Å². The van der Waals surface area contributed by atoms with Gasteiger partial charge >= 0.3 is 12.0 Å². The van der Waals surface area contributed by atoms with Crippen molar-refractivity contribution in [1.82, 2.24) is 10.6 Å². The first-order valence-corrected chi connectivity index (χ1v) is 6.90. The SMILES string of the molecule is COC1(CNC(=O)NC2(CC(=O)O)CCC2)CCOC1. The van der Waals surface area contributed by atoms with Gasteiger partial charge in [0.25, 0.3) is 0 Å². The molecule has 0 aromatic rings. The number of carbonyl (C=O) groups excluding carboxylic acids is 1. The molecule has 3 N–H and O–H groups in total. The van der Waals surface area contributed by atoms with Gasteiger partial charge in [-0.1, -0.05) is 0 Å². The van der Waals surface area contributed by atoms with Gasteiger partial charge in [-0.2, -0.15) is 0 Å². The minimum absolute atomic E-state index is 0.0288. The quantitative estimate of drug-likeness (QED) is 0.660. The van der Waals surface area contributed by atoms with Gasteiger partial charge in [-0.3, -0.25) is 4.79 Å². The van der Waals surface area contributed by atoms with Gasteiger partial charge in [-0.25, -0.2) is 4.79 Å². The summed E-state index contributed by atoms with van der Waals surface area (Å²) in [7, 11) is 1.60. The normalized spacial score (nSPS) is 27.6. The maximum Gasteiger partial charge on any atom is 0.315 e. The van der Waals surface area contributed by atoms with Gasteiger partial charge < -0.3 is 25.2 Å². The Hall–Kier alpha value is -1.34. The van der Waals surface area contributed by atoms with E-state index >= 15 is 0 Å².